The molecule has 0 aliphatic carbocycles. The molecule has 0 aromatic heterocycles. The van der Waals surface area contributed by atoms with Crippen molar-refractivity contribution in [3.63, 3.8) is 0 Å². The van der Waals surface area contributed by atoms with Gasteiger partial charge in [-0.15, -0.1) is 0 Å². The molecule has 6 heteroatoms. The lowest BCUT2D eigenvalue weighted by Gasteiger charge is -2.14. The third kappa shape index (κ3) is 5.36. The van der Waals surface area contributed by atoms with Crippen LogP contribution >= 0.6 is 0 Å². The molecule has 0 aliphatic heterocycles. The summed E-state index contributed by atoms with van der Waals surface area (Å²) in [5, 5.41) is 5.85. The monoisotopic (exact) mass is 282 g/mol. The van der Waals surface area contributed by atoms with Crippen LogP contribution in [0.1, 0.15) is 6.92 Å². The lowest BCUT2D eigenvalue weighted by Crippen LogP contribution is -2.39. The second kappa shape index (κ2) is 8.27. The van der Waals surface area contributed by atoms with E-state index in [-0.39, 0.29) is 18.5 Å². The molecule has 1 amide bonds. The predicted molar refractivity (Wildman–Crippen MR) is 77.5 cm³/mol. The minimum Gasteiger partial charge on any atom is -0.497 e. The molecular formula is C14H22N2O4. The Morgan fingerprint density at radius 3 is 2.25 bits per heavy atom. The zero-order chi connectivity index (χ0) is 15.0. The zero-order valence-electron chi connectivity index (χ0n) is 12.4. The number of methoxy groups -OCH3 is 3. The Bertz CT molecular complexity index is 415. The summed E-state index contributed by atoms with van der Waals surface area (Å²) in [5.74, 6) is 1.23. The van der Waals surface area contributed by atoms with E-state index in [1.54, 1.807) is 39.5 Å². The summed E-state index contributed by atoms with van der Waals surface area (Å²) >= 11 is 0. The maximum absolute atomic E-state index is 11.7. The summed E-state index contributed by atoms with van der Waals surface area (Å²) in [6.45, 7) is 2.54. The van der Waals surface area contributed by atoms with E-state index in [4.69, 9.17) is 14.2 Å². The number of nitrogens with one attached hydrogen (secondary N) is 2. The number of carbonyl (C=O) groups excluding carboxylic acids is 1. The Kier molecular flexibility index (Phi) is 6.66. The number of hydrogen-bond donors (Lipinski definition) is 2. The molecule has 0 fully saturated rings. The molecule has 1 aromatic carbocycles. The van der Waals surface area contributed by atoms with Crippen molar-refractivity contribution >= 4 is 11.6 Å². The van der Waals surface area contributed by atoms with E-state index in [9.17, 15) is 4.79 Å². The predicted octanol–water partition coefficient (Wildman–Crippen LogP) is 1.27. The van der Waals surface area contributed by atoms with Crippen LogP contribution in [0.25, 0.3) is 0 Å². The normalized spacial score (nSPS) is 11.6. The Labute approximate surface area is 119 Å². The van der Waals surface area contributed by atoms with Crippen LogP contribution in [0.5, 0.6) is 11.5 Å². The van der Waals surface area contributed by atoms with Gasteiger partial charge in [-0.25, -0.2) is 0 Å². The maximum Gasteiger partial charge on any atom is 0.239 e. The Hall–Kier alpha value is -1.95. The molecule has 0 aliphatic rings. The number of anilines is 1. The van der Waals surface area contributed by atoms with Crippen LogP contribution < -0.4 is 20.1 Å². The quantitative estimate of drug-likeness (QED) is 0.751. The van der Waals surface area contributed by atoms with Gasteiger partial charge in [-0.2, -0.15) is 0 Å². The van der Waals surface area contributed by atoms with E-state index >= 15 is 0 Å². The summed E-state index contributed by atoms with van der Waals surface area (Å²) < 4.78 is 15.3. The molecule has 1 unspecified atom stereocenters. The average Bonchev–Trinajstić information content (AvgIpc) is 2.44. The fraction of sp³-hybridized carbons (Fsp3) is 0.500. The lowest BCUT2D eigenvalue weighted by atomic mass is 10.2. The third-order valence-corrected chi connectivity index (χ3v) is 2.63. The van der Waals surface area contributed by atoms with E-state index in [1.807, 2.05) is 6.92 Å². The van der Waals surface area contributed by atoms with Crippen molar-refractivity contribution in [2.75, 3.05) is 39.8 Å². The van der Waals surface area contributed by atoms with Gasteiger partial charge in [0.2, 0.25) is 5.91 Å². The van der Waals surface area contributed by atoms with Crippen molar-refractivity contribution in [2.45, 2.75) is 13.0 Å². The van der Waals surface area contributed by atoms with E-state index < -0.39 is 0 Å². The fourth-order valence-electron chi connectivity index (χ4n) is 1.71. The van der Waals surface area contributed by atoms with E-state index in [0.717, 1.165) is 5.69 Å². The largest absolute Gasteiger partial charge is 0.497 e. The summed E-state index contributed by atoms with van der Waals surface area (Å²) in [7, 11) is 4.76. The van der Waals surface area contributed by atoms with Gasteiger partial charge in [-0.1, -0.05) is 0 Å². The molecule has 0 heterocycles. The van der Waals surface area contributed by atoms with Gasteiger partial charge in [0.05, 0.1) is 27.4 Å². The average molecular weight is 282 g/mol. The topological polar surface area (TPSA) is 68.8 Å². The first kappa shape index (κ1) is 16.1. The standard InChI is InChI=1S/C14H22N2O4/c1-10(9-18-2)16-14(17)8-15-11-5-12(19-3)7-13(6-11)20-4/h5-7,10,15H,8-9H2,1-4H3,(H,16,17). The zero-order valence-corrected chi connectivity index (χ0v) is 12.4. The number of benzene rings is 1. The number of amides is 1. The molecule has 20 heavy (non-hydrogen) atoms. The molecule has 112 valence electrons. The molecule has 0 bridgehead atoms. The molecule has 1 aromatic rings. The summed E-state index contributed by atoms with van der Waals surface area (Å²) in [6.07, 6.45) is 0. The maximum atomic E-state index is 11.7. The summed E-state index contributed by atoms with van der Waals surface area (Å²) in [5.41, 5.74) is 0.760. The van der Waals surface area contributed by atoms with E-state index in [2.05, 4.69) is 10.6 Å². The first-order valence-corrected chi connectivity index (χ1v) is 6.34. The number of rotatable bonds is 8. The van der Waals surface area contributed by atoms with Gasteiger partial charge in [0.15, 0.2) is 0 Å². The summed E-state index contributed by atoms with van der Waals surface area (Å²) in [4.78, 5) is 11.7. The first-order chi connectivity index (χ1) is 9.58. The first-order valence-electron chi connectivity index (χ1n) is 6.34. The summed E-state index contributed by atoms with van der Waals surface area (Å²) in [6, 6.07) is 5.35. The number of hydrogen-bond acceptors (Lipinski definition) is 5. The van der Waals surface area contributed by atoms with Crippen LogP contribution in [0.15, 0.2) is 18.2 Å². The van der Waals surface area contributed by atoms with Gasteiger partial charge >= 0.3 is 0 Å². The highest BCUT2D eigenvalue weighted by molar-refractivity contribution is 5.81. The third-order valence-electron chi connectivity index (χ3n) is 2.63. The van der Waals surface area contributed by atoms with Gasteiger partial charge in [0.1, 0.15) is 11.5 Å². The number of carbonyl (C=O) groups is 1. The molecule has 0 saturated carbocycles. The molecule has 6 nitrogen and oxygen atoms in total. The van der Waals surface area contributed by atoms with Crippen molar-refractivity contribution in [1.82, 2.24) is 5.32 Å². The van der Waals surface area contributed by atoms with Crippen LogP contribution in [0.3, 0.4) is 0 Å². The van der Waals surface area contributed by atoms with Gasteiger partial charge in [0.25, 0.3) is 0 Å². The molecule has 1 rings (SSSR count). The highest BCUT2D eigenvalue weighted by atomic mass is 16.5. The van der Waals surface area contributed by atoms with Crippen LogP contribution in [0.4, 0.5) is 5.69 Å². The highest BCUT2D eigenvalue weighted by Gasteiger charge is 2.07. The molecule has 0 radical (unpaired) electrons. The van der Waals surface area contributed by atoms with Crippen LogP contribution in [-0.4, -0.2) is 46.4 Å². The Morgan fingerprint density at radius 2 is 1.75 bits per heavy atom. The minimum absolute atomic E-state index is 0.0193. The van der Waals surface area contributed by atoms with Crippen molar-refractivity contribution in [2.24, 2.45) is 0 Å². The van der Waals surface area contributed by atoms with Crippen molar-refractivity contribution in [3.05, 3.63) is 18.2 Å². The van der Waals surface area contributed by atoms with E-state index in [1.165, 1.54) is 0 Å². The molecular weight excluding hydrogens is 260 g/mol. The van der Waals surface area contributed by atoms with Crippen LogP contribution in [0.2, 0.25) is 0 Å². The molecule has 0 spiro atoms. The van der Waals surface area contributed by atoms with Gasteiger partial charge in [-0.05, 0) is 6.92 Å². The molecule has 0 saturated heterocycles. The van der Waals surface area contributed by atoms with Crippen LogP contribution in [-0.2, 0) is 9.53 Å². The smallest absolute Gasteiger partial charge is 0.239 e. The second-order valence-electron chi connectivity index (χ2n) is 4.38. The van der Waals surface area contributed by atoms with Gasteiger partial charge < -0.3 is 24.8 Å². The van der Waals surface area contributed by atoms with Gasteiger partial charge in [-0.3, -0.25) is 4.79 Å². The minimum atomic E-state index is -0.101. The molecule has 2 N–H and O–H groups in total. The highest BCUT2D eigenvalue weighted by Crippen LogP contribution is 2.25. The molecule has 1 atom stereocenters. The Morgan fingerprint density at radius 1 is 1.15 bits per heavy atom. The van der Waals surface area contributed by atoms with E-state index in [0.29, 0.717) is 18.1 Å². The van der Waals surface area contributed by atoms with Crippen molar-refractivity contribution in [1.29, 1.82) is 0 Å². The van der Waals surface area contributed by atoms with Gasteiger partial charge in [0, 0.05) is 37.0 Å². The SMILES string of the molecule is COCC(C)NC(=O)CNc1cc(OC)cc(OC)c1. The van der Waals surface area contributed by atoms with Crippen molar-refractivity contribution < 1.29 is 19.0 Å². The fourth-order valence-corrected chi connectivity index (χ4v) is 1.71. The van der Waals surface area contributed by atoms with Crippen molar-refractivity contribution in [3.8, 4) is 11.5 Å². The Balaban J connectivity index is 2.54. The number of ether oxygens (including phenoxy) is 3. The second-order valence-corrected chi connectivity index (χ2v) is 4.38. The van der Waals surface area contributed by atoms with Crippen LogP contribution in [0, 0.1) is 0 Å². The lowest BCUT2D eigenvalue weighted by molar-refractivity contribution is -0.120.